The third-order valence-electron chi connectivity index (χ3n) is 3.73. The summed E-state index contributed by atoms with van der Waals surface area (Å²) in [4.78, 5) is 4.16. The van der Waals surface area contributed by atoms with Crippen LogP contribution >= 0.6 is 0 Å². The minimum Gasteiger partial charge on any atom is -0.381 e. The van der Waals surface area contributed by atoms with Gasteiger partial charge in [0, 0.05) is 37.2 Å². The van der Waals surface area contributed by atoms with Crippen LogP contribution in [0.15, 0.2) is 24.5 Å². The lowest BCUT2D eigenvalue weighted by atomic mass is 10.00. The predicted octanol–water partition coefficient (Wildman–Crippen LogP) is 2.30. The molecule has 4 heteroatoms. The quantitative estimate of drug-likeness (QED) is 0.856. The van der Waals surface area contributed by atoms with Crippen molar-refractivity contribution in [3.05, 3.63) is 30.1 Å². The van der Waals surface area contributed by atoms with Gasteiger partial charge >= 0.3 is 0 Å². The van der Waals surface area contributed by atoms with Crippen LogP contribution in [-0.4, -0.2) is 30.8 Å². The van der Waals surface area contributed by atoms with Gasteiger partial charge < -0.3 is 15.2 Å². The molecule has 1 fully saturated rings. The highest BCUT2D eigenvalue weighted by molar-refractivity contribution is 5.14. The van der Waals surface area contributed by atoms with Gasteiger partial charge in [0.2, 0.25) is 0 Å². The number of ether oxygens (including phenoxy) is 2. The zero-order valence-corrected chi connectivity index (χ0v) is 11.6. The average molecular weight is 264 g/mol. The SMILES string of the molecule is CCC(N)C(OCC1CCOCC1)c1cccnc1. The van der Waals surface area contributed by atoms with E-state index in [1.807, 2.05) is 18.3 Å². The van der Waals surface area contributed by atoms with Crippen molar-refractivity contribution in [2.75, 3.05) is 19.8 Å². The van der Waals surface area contributed by atoms with Crippen LogP contribution in [0.3, 0.4) is 0 Å². The highest BCUT2D eigenvalue weighted by Crippen LogP contribution is 2.24. The highest BCUT2D eigenvalue weighted by atomic mass is 16.5. The van der Waals surface area contributed by atoms with Crippen LogP contribution in [0.2, 0.25) is 0 Å². The van der Waals surface area contributed by atoms with Gasteiger partial charge in [-0.3, -0.25) is 4.98 Å². The molecule has 2 atom stereocenters. The Balaban J connectivity index is 1.94. The van der Waals surface area contributed by atoms with Gasteiger partial charge in [0.1, 0.15) is 0 Å². The fraction of sp³-hybridized carbons (Fsp3) is 0.667. The first-order chi connectivity index (χ1) is 9.31. The van der Waals surface area contributed by atoms with E-state index in [-0.39, 0.29) is 12.1 Å². The first-order valence-electron chi connectivity index (χ1n) is 7.16. The van der Waals surface area contributed by atoms with E-state index in [0.29, 0.717) is 5.92 Å². The summed E-state index contributed by atoms with van der Waals surface area (Å²) in [5, 5.41) is 0. The molecule has 1 aromatic heterocycles. The van der Waals surface area contributed by atoms with E-state index in [0.717, 1.165) is 44.6 Å². The molecule has 2 N–H and O–H groups in total. The number of pyridine rings is 1. The second-order valence-corrected chi connectivity index (χ2v) is 5.17. The van der Waals surface area contributed by atoms with Gasteiger partial charge in [0.05, 0.1) is 12.7 Å². The lowest BCUT2D eigenvalue weighted by molar-refractivity contribution is -0.0212. The van der Waals surface area contributed by atoms with Crippen molar-refractivity contribution >= 4 is 0 Å². The molecule has 0 radical (unpaired) electrons. The molecular formula is C15H24N2O2. The monoisotopic (exact) mass is 264 g/mol. The number of nitrogens with zero attached hydrogens (tertiary/aromatic N) is 1. The minimum absolute atomic E-state index is 0.0176. The van der Waals surface area contributed by atoms with E-state index >= 15 is 0 Å². The summed E-state index contributed by atoms with van der Waals surface area (Å²) in [6.07, 6.45) is 6.64. The lowest BCUT2D eigenvalue weighted by Gasteiger charge is -2.28. The largest absolute Gasteiger partial charge is 0.381 e. The molecule has 0 spiro atoms. The molecule has 1 aliphatic rings. The van der Waals surface area contributed by atoms with Crippen LogP contribution in [0.1, 0.15) is 37.9 Å². The Morgan fingerprint density at radius 3 is 2.89 bits per heavy atom. The van der Waals surface area contributed by atoms with E-state index in [1.54, 1.807) is 6.20 Å². The standard InChI is InChI=1S/C15H24N2O2/c1-2-14(16)15(13-4-3-7-17-10-13)19-11-12-5-8-18-9-6-12/h3-4,7,10,12,14-15H,2,5-6,8-9,11,16H2,1H3. The number of rotatable bonds is 6. The summed E-state index contributed by atoms with van der Waals surface area (Å²) in [5.41, 5.74) is 7.26. The topological polar surface area (TPSA) is 57.4 Å². The van der Waals surface area contributed by atoms with E-state index in [9.17, 15) is 0 Å². The summed E-state index contributed by atoms with van der Waals surface area (Å²) < 4.78 is 11.5. The van der Waals surface area contributed by atoms with Crippen LogP contribution < -0.4 is 5.73 Å². The second kappa shape index (κ2) is 7.58. The molecule has 0 aliphatic carbocycles. The van der Waals surface area contributed by atoms with Crippen LogP contribution in [0.5, 0.6) is 0 Å². The van der Waals surface area contributed by atoms with Gasteiger partial charge in [-0.25, -0.2) is 0 Å². The van der Waals surface area contributed by atoms with E-state index in [4.69, 9.17) is 15.2 Å². The van der Waals surface area contributed by atoms with Crippen LogP contribution in [0, 0.1) is 5.92 Å². The molecule has 0 aromatic carbocycles. The zero-order chi connectivity index (χ0) is 13.5. The Hall–Kier alpha value is -0.970. The third-order valence-corrected chi connectivity index (χ3v) is 3.73. The summed E-state index contributed by atoms with van der Waals surface area (Å²) in [6, 6.07) is 3.99. The van der Waals surface area contributed by atoms with Gasteiger partial charge in [-0.15, -0.1) is 0 Å². The Bertz CT molecular complexity index is 352. The van der Waals surface area contributed by atoms with Gasteiger partial charge in [0.25, 0.3) is 0 Å². The molecule has 0 bridgehead atoms. The van der Waals surface area contributed by atoms with Gasteiger partial charge in [-0.2, -0.15) is 0 Å². The smallest absolute Gasteiger partial charge is 0.0990 e. The molecule has 0 saturated carbocycles. The highest BCUT2D eigenvalue weighted by Gasteiger charge is 2.22. The molecule has 106 valence electrons. The van der Waals surface area contributed by atoms with E-state index in [2.05, 4.69) is 11.9 Å². The number of hydrogen-bond acceptors (Lipinski definition) is 4. The van der Waals surface area contributed by atoms with Crippen molar-refractivity contribution in [3.63, 3.8) is 0 Å². The van der Waals surface area contributed by atoms with Crippen LogP contribution in [-0.2, 0) is 9.47 Å². The molecular weight excluding hydrogens is 240 g/mol. The van der Waals surface area contributed by atoms with E-state index in [1.165, 1.54) is 0 Å². The Morgan fingerprint density at radius 2 is 2.26 bits per heavy atom. The Morgan fingerprint density at radius 1 is 1.47 bits per heavy atom. The molecule has 2 unspecified atom stereocenters. The van der Waals surface area contributed by atoms with Crippen molar-refractivity contribution in [3.8, 4) is 0 Å². The Kier molecular flexibility index (Phi) is 5.76. The molecule has 1 saturated heterocycles. The van der Waals surface area contributed by atoms with Gasteiger partial charge in [-0.1, -0.05) is 13.0 Å². The fourth-order valence-corrected chi connectivity index (χ4v) is 2.38. The summed E-state index contributed by atoms with van der Waals surface area (Å²) in [6.45, 7) is 4.55. The molecule has 4 nitrogen and oxygen atoms in total. The molecule has 0 amide bonds. The van der Waals surface area contributed by atoms with Gasteiger partial charge in [-0.05, 0) is 31.2 Å². The fourth-order valence-electron chi connectivity index (χ4n) is 2.38. The summed E-state index contributed by atoms with van der Waals surface area (Å²) in [7, 11) is 0. The maximum atomic E-state index is 6.19. The number of hydrogen-bond donors (Lipinski definition) is 1. The zero-order valence-electron chi connectivity index (χ0n) is 11.6. The third kappa shape index (κ3) is 4.27. The predicted molar refractivity (Wildman–Crippen MR) is 74.7 cm³/mol. The maximum absolute atomic E-state index is 6.19. The molecule has 2 heterocycles. The van der Waals surface area contributed by atoms with Gasteiger partial charge in [0.15, 0.2) is 0 Å². The molecule has 1 aliphatic heterocycles. The molecule has 19 heavy (non-hydrogen) atoms. The first-order valence-corrected chi connectivity index (χ1v) is 7.16. The van der Waals surface area contributed by atoms with Crippen molar-refractivity contribution < 1.29 is 9.47 Å². The summed E-state index contributed by atoms with van der Waals surface area (Å²) >= 11 is 0. The maximum Gasteiger partial charge on any atom is 0.0990 e. The lowest BCUT2D eigenvalue weighted by Crippen LogP contribution is -2.31. The van der Waals surface area contributed by atoms with E-state index < -0.39 is 0 Å². The van der Waals surface area contributed by atoms with Crippen molar-refractivity contribution in [2.24, 2.45) is 11.7 Å². The van der Waals surface area contributed by atoms with Crippen molar-refractivity contribution in [2.45, 2.75) is 38.3 Å². The van der Waals surface area contributed by atoms with Crippen molar-refractivity contribution in [1.29, 1.82) is 0 Å². The first kappa shape index (κ1) is 14.4. The minimum atomic E-state index is -0.0541. The van der Waals surface area contributed by atoms with Crippen LogP contribution in [0.25, 0.3) is 0 Å². The number of nitrogens with two attached hydrogens (primary N) is 1. The average Bonchev–Trinajstić information content (AvgIpc) is 2.49. The Labute approximate surface area is 115 Å². The second-order valence-electron chi connectivity index (χ2n) is 5.17. The summed E-state index contributed by atoms with van der Waals surface area (Å²) in [5.74, 6) is 0.594. The van der Waals surface area contributed by atoms with Crippen molar-refractivity contribution in [1.82, 2.24) is 4.98 Å². The molecule has 2 rings (SSSR count). The number of aromatic nitrogens is 1. The van der Waals surface area contributed by atoms with Crippen LogP contribution in [0.4, 0.5) is 0 Å². The molecule has 1 aromatic rings. The normalized spacial score (nSPS) is 20.1.